The predicted molar refractivity (Wildman–Crippen MR) is 73.6 cm³/mol. The Balaban J connectivity index is 2.44. The summed E-state index contributed by atoms with van der Waals surface area (Å²) in [5, 5.41) is 12.3. The minimum absolute atomic E-state index is 0.0388. The number of nitrogens with zero attached hydrogens (tertiary/aromatic N) is 1. The van der Waals surface area contributed by atoms with Gasteiger partial charge in [0, 0.05) is 0 Å². The van der Waals surface area contributed by atoms with E-state index in [0.717, 1.165) is 12.3 Å². The maximum Gasteiger partial charge on any atom is 0.339 e. The molecule has 2 aromatic rings. The van der Waals surface area contributed by atoms with E-state index in [1.807, 2.05) is 0 Å². The topological polar surface area (TPSA) is 62.2 Å². The molecular weight excluding hydrogens is 338 g/mol. The number of pyridine rings is 1. The average molecular weight is 346 g/mol. The van der Waals surface area contributed by atoms with Crippen LogP contribution in [0.25, 0.3) is 0 Å². The summed E-state index contributed by atoms with van der Waals surface area (Å²) in [6.45, 7) is 0. The molecule has 0 unspecified atom stereocenters. The Bertz CT molecular complexity index is 652. The van der Waals surface area contributed by atoms with Crippen molar-refractivity contribution < 1.29 is 14.3 Å². The lowest BCUT2D eigenvalue weighted by atomic mass is 10.2. The number of halogens is 3. The number of rotatable bonds is 3. The van der Waals surface area contributed by atoms with Gasteiger partial charge in [0.15, 0.2) is 0 Å². The molecule has 98 valence electrons. The Kier molecular flexibility index (Phi) is 4.01. The van der Waals surface area contributed by atoms with Gasteiger partial charge in [0.25, 0.3) is 0 Å². The molecule has 1 heterocycles. The van der Waals surface area contributed by atoms with Crippen LogP contribution in [0.1, 0.15) is 10.4 Å². The van der Waals surface area contributed by atoms with E-state index in [4.69, 9.17) is 16.7 Å². The van der Waals surface area contributed by atoms with Gasteiger partial charge in [-0.25, -0.2) is 14.2 Å². The van der Waals surface area contributed by atoms with Crippen LogP contribution in [0, 0.1) is 5.82 Å². The van der Waals surface area contributed by atoms with E-state index in [9.17, 15) is 9.18 Å². The maximum atomic E-state index is 13.0. The maximum absolute atomic E-state index is 13.0. The van der Waals surface area contributed by atoms with Crippen molar-refractivity contribution in [3.8, 4) is 0 Å². The van der Waals surface area contributed by atoms with Gasteiger partial charge in [0.2, 0.25) is 0 Å². The van der Waals surface area contributed by atoms with E-state index in [-0.39, 0.29) is 11.4 Å². The van der Waals surface area contributed by atoms with Crippen molar-refractivity contribution in [2.75, 3.05) is 5.32 Å². The first kappa shape index (κ1) is 13.8. The van der Waals surface area contributed by atoms with Crippen LogP contribution in [-0.2, 0) is 0 Å². The van der Waals surface area contributed by atoms with Gasteiger partial charge in [0.1, 0.15) is 17.2 Å². The minimum atomic E-state index is -1.27. The van der Waals surface area contributed by atoms with Gasteiger partial charge in [-0.2, -0.15) is 0 Å². The van der Waals surface area contributed by atoms with Crippen LogP contribution < -0.4 is 5.32 Å². The Morgan fingerprint density at radius 3 is 2.89 bits per heavy atom. The Hall–Kier alpha value is -1.66. The van der Waals surface area contributed by atoms with Gasteiger partial charge in [-0.15, -0.1) is 0 Å². The second-order valence-electron chi connectivity index (χ2n) is 3.58. The van der Waals surface area contributed by atoms with Crippen LogP contribution in [-0.4, -0.2) is 16.1 Å². The van der Waals surface area contributed by atoms with Gasteiger partial charge in [-0.05, 0) is 34.1 Å². The summed E-state index contributed by atoms with van der Waals surface area (Å²) in [6.07, 6.45) is 0.938. The number of anilines is 2. The van der Waals surface area contributed by atoms with E-state index < -0.39 is 11.8 Å². The SMILES string of the molecule is O=C(O)c1cc(F)cnc1Nc1cccc(Cl)c1Br. The monoisotopic (exact) mass is 344 g/mol. The van der Waals surface area contributed by atoms with Crippen LogP contribution in [0.3, 0.4) is 0 Å². The molecule has 1 aromatic heterocycles. The van der Waals surface area contributed by atoms with Crippen LogP contribution in [0.2, 0.25) is 5.02 Å². The smallest absolute Gasteiger partial charge is 0.339 e. The zero-order valence-corrected chi connectivity index (χ0v) is 11.7. The minimum Gasteiger partial charge on any atom is -0.478 e. The molecule has 4 nitrogen and oxygen atoms in total. The van der Waals surface area contributed by atoms with Crippen LogP contribution in [0.15, 0.2) is 34.9 Å². The highest BCUT2D eigenvalue weighted by molar-refractivity contribution is 9.10. The number of aromatic carboxylic acids is 1. The molecule has 0 fully saturated rings. The predicted octanol–water partition coefficient (Wildman–Crippen LogP) is 4.08. The van der Waals surface area contributed by atoms with Crippen molar-refractivity contribution >= 4 is 45.0 Å². The summed E-state index contributed by atoms with van der Waals surface area (Å²) in [7, 11) is 0. The van der Waals surface area contributed by atoms with Crippen molar-refractivity contribution in [2.45, 2.75) is 0 Å². The fraction of sp³-hybridized carbons (Fsp3) is 0. The number of carbonyl (C=O) groups is 1. The number of hydrogen-bond donors (Lipinski definition) is 2. The van der Waals surface area contributed by atoms with Crippen molar-refractivity contribution in [3.63, 3.8) is 0 Å². The lowest BCUT2D eigenvalue weighted by molar-refractivity contribution is 0.0697. The van der Waals surface area contributed by atoms with Gasteiger partial charge in [0.05, 0.1) is 21.4 Å². The number of aromatic nitrogens is 1. The molecule has 0 aliphatic rings. The lowest BCUT2D eigenvalue weighted by Gasteiger charge is -2.10. The molecule has 2 N–H and O–H groups in total. The van der Waals surface area contributed by atoms with E-state index in [1.54, 1.807) is 18.2 Å². The molecule has 0 amide bonds. The summed E-state index contributed by atoms with van der Waals surface area (Å²) < 4.78 is 13.6. The van der Waals surface area contributed by atoms with Crippen molar-refractivity contribution in [1.29, 1.82) is 0 Å². The molecule has 0 bridgehead atoms. The summed E-state index contributed by atoms with van der Waals surface area (Å²) >= 11 is 9.19. The molecule has 0 atom stereocenters. The molecule has 1 aromatic carbocycles. The molecule has 0 saturated heterocycles. The fourth-order valence-corrected chi connectivity index (χ4v) is 1.97. The molecule has 19 heavy (non-hydrogen) atoms. The summed E-state index contributed by atoms with van der Waals surface area (Å²) in [5.74, 6) is -1.95. The third-order valence-electron chi connectivity index (χ3n) is 2.29. The molecule has 0 saturated carbocycles. The second-order valence-corrected chi connectivity index (χ2v) is 4.78. The van der Waals surface area contributed by atoms with Crippen LogP contribution >= 0.6 is 27.5 Å². The fourth-order valence-electron chi connectivity index (χ4n) is 1.43. The first-order chi connectivity index (χ1) is 8.99. The second kappa shape index (κ2) is 5.54. The first-order valence-electron chi connectivity index (χ1n) is 5.09. The normalized spacial score (nSPS) is 10.3. The largest absolute Gasteiger partial charge is 0.478 e. The lowest BCUT2D eigenvalue weighted by Crippen LogP contribution is -2.06. The quantitative estimate of drug-likeness (QED) is 0.880. The highest BCUT2D eigenvalue weighted by Gasteiger charge is 2.14. The summed E-state index contributed by atoms with van der Waals surface area (Å²) in [4.78, 5) is 14.8. The number of carboxylic acid groups (broad SMARTS) is 1. The molecule has 0 aliphatic heterocycles. The van der Waals surface area contributed by atoms with Crippen molar-refractivity contribution in [1.82, 2.24) is 4.98 Å². The van der Waals surface area contributed by atoms with Gasteiger partial charge < -0.3 is 10.4 Å². The highest BCUT2D eigenvalue weighted by Crippen LogP contribution is 2.32. The zero-order chi connectivity index (χ0) is 14.0. The average Bonchev–Trinajstić information content (AvgIpc) is 2.36. The van der Waals surface area contributed by atoms with Crippen molar-refractivity contribution in [3.05, 3.63) is 51.3 Å². The van der Waals surface area contributed by atoms with Gasteiger partial charge in [-0.3, -0.25) is 0 Å². The Morgan fingerprint density at radius 1 is 1.47 bits per heavy atom. The van der Waals surface area contributed by atoms with E-state index in [0.29, 0.717) is 15.2 Å². The van der Waals surface area contributed by atoms with Crippen LogP contribution in [0.5, 0.6) is 0 Å². The summed E-state index contributed by atoms with van der Waals surface area (Å²) in [5.41, 5.74) is 0.279. The van der Waals surface area contributed by atoms with Crippen LogP contribution in [0.4, 0.5) is 15.9 Å². The molecule has 0 radical (unpaired) electrons. The molecular formula is C12H7BrClFN2O2. The molecule has 0 aliphatic carbocycles. The Morgan fingerprint density at radius 2 is 2.21 bits per heavy atom. The number of hydrogen-bond acceptors (Lipinski definition) is 3. The molecule has 7 heteroatoms. The first-order valence-corrected chi connectivity index (χ1v) is 6.26. The number of carboxylic acids is 1. The third-order valence-corrected chi connectivity index (χ3v) is 3.69. The van der Waals surface area contributed by atoms with E-state index in [1.165, 1.54) is 0 Å². The van der Waals surface area contributed by atoms with E-state index in [2.05, 4.69) is 26.2 Å². The van der Waals surface area contributed by atoms with Gasteiger partial charge in [-0.1, -0.05) is 17.7 Å². The summed E-state index contributed by atoms with van der Waals surface area (Å²) in [6, 6.07) is 5.95. The number of benzene rings is 1. The Labute approximate surface area is 121 Å². The number of nitrogens with one attached hydrogen (secondary N) is 1. The molecule has 2 rings (SSSR count). The zero-order valence-electron chi connectivity index (χ0n) is 9.32. The van der Waals surface area contributed by atoms with Crippen molar-refractivity contribution in [2.24, 2.45) is 0 Å². The third kappa shape index (κ3) is 3.02. The van der Waals surface area contributed by atoms with E-state index >= 15 is 0 Å². The molecule has 0 spiro atoms. The standard InChI is InChI=1S/C12H7BrClFN2O2/c13-10-8(14)2-1-3-9(10)17-11-7(12(18)19)4-6(15)5-16-11/h1-5H,(H,16,17)(H,18,19). The highest BCUT2D eigenvalue weighted by atomic mass is 79.9. The van der Waals surface area contributed by atoms with Gasteiger partial charge >= 0.3 is 5.97 Å².